The van der Waals surface area contributed by atoms with Crippen LogP contribution < -0.4 is 0 Å². The van der Waals surface area contributed by atoms with E-state index in [1.54, 1.807) is 0 Å². The predicted molar refractivity (Wildman–Crippen MR) is 314 cm³/mol. The summed E-state index contributed by atoms with van der Waals surface area (Å²) in [6.07, 6.45) is 4.59. The summed E-state index contributed by atoms with van der Waals surface area (Å²) < 4.78 is 5.22. The number of hydrogen-bond donors (Lipinski definition) is 0. The van der Waals surface area contributed by atoms with E-state index in [-0.39, 0.29) is 0 Å². The lowest BCUT2D eigenvalue weighted by atomic mass is 9.83. The molecule has 0 amide bonds. The van der Waals surface area contributed by atoms with Crippen molar-refractivity contribution in [3.8, 4) is 66.8 Å². The topological polar surface area (TPSA) is 8.82 Å². The highest BCUT2D eigenvalue weighted by atomic mass is 15.0. The first-order chi connectivity index (χ1) is 36.8. The van der Waals surface area contributed by atoms with Gasteiger partial charge in [-0.05, 0) is 151 Å². The van der Waals surface area contributed by atoms with E-state index >= 15 is 0 Å². The van der Waals surface area contributed by atoms with Gasteiger partial charge in [0.05, 0.1) is 33.1 Å². The second-order valence-electron chi connectivity index (χ2n) is 20.1. The summed E-state index contributed by atoms with van der Waals surface area (Å²) in [5.74, 6) is 0. The first-order valence-corrected chi connectivity index (χ1v) is 26.2. The van der Waals surface area contributed by atoms with Gasteiger partial charge in [0.25, 0.3) is 0 Å². The summed E-state index contributed by atoms with van der Waals surface area (Å²) >= 11 is 0. The van der Waals surface area contributed by atoms with Crippen molar-refractivity contribution in [2.75, 3.05) is 0 Å². The van der Waals surface area contributed by atoms with Gasteiger partial charge in [-0.15, -0.1) is 0 Å². The maximum Gasteiger partial charge on any atom is 0.0789 e. The Labute approximate surface area is 430 Å². The summed E-state index contributed by atoms with van der Waals surface area (Å²) in [4.78, 5) is 0. The van der Waals surface area contributed by atoms with Crippen LogP contribution in [0.4, 0.5) is 0 Å². The molecule has 0 bridgehead atoms. The molecule has 0 saturated heterocycles. The van der Waals surface area contributed by atoms with Gasteiger partial charge in [0.1, 0.15) is 0 Å². The van der Waals surface area contributed by atoms with E-state index in [1.165, 1.54) is 157 Å². The molecule has 15 rings (SSSR count). The zero-order valence-electron chi connectivity index (χ0n) is 41.0. The molecule has 1 aliphatic carbocycles. The molecular weight excluding hydrogens is 893 g/mol. The maximum atomic E-state index is 2.62. The molecule has 0 aliphatic heterocycles. The molecule has 74 heavy (non-hydrogen) atoms. The van der Waals surface area contributed by atoms with E-state index in [2.05, 4.69) is 264 Å². The van der Waals surface area contributed by atoms with Crippen molar-refractivity contribution < 1.29 is 0 Å². The molecule has 0 N–H and O–H groups in total. The molecule has 2 heteroatoms. The summed E-state index contributed by atoms with van der Waals surface area (Å²) in [7, 11) is 0. The van der Waals surface area contributed by atoms with Gasteiger partial charge in [0.15, 0.2) is 0 Å². The maximum absolute atomic E-state index is 2.62. The smallest absolute Gasteiger partial charge is 0.0789 e. The molecule has 1 aliphatic rings. The second kappa shape index (κ2) is 17.2. The van der Waals surface area contributed by atoms with E-state index in [1.807, 2.05) is 0 Å². The van der Waals surface area contributed by atoms with Crippen molar-refractivity contribution in [1.29, 1.82) is 0 Å². The number of fused-ring (bicyclic) bond motifs is 8. The quantitative estimate of drug-likeness (QED) is 0.134. The van der Waals surface area contributed by atoms with Crippen molar-refractivity contribution in [1.82, 2.24) is 8.80 Å². The Bertz CT molecular complexity index is 4500. The van der Waals surface area contributed by atoms with E-state index in [9.17, 15) is 0 Å². The minimum atomic E-state index is 1.07. The fourth-order valence-corrected chi connectivity index (χ4v) is 12.9. The molecule has 0 radical (unpaired) electrons. The van der Waals surface area contributed by atoms with Crippen molar-refractivity contribution >= 4 is 65.8 Å². The zero-order valence-corrected chi connectivity index (χ0v) is 41.0. The Morgan fingerprint density at radius 1 is 0.230 bits per heavy atom. The Morgan fingerprint density at radius 3 is 1.00 bits per heavy atom. The molecule has 2 nitrogen and oxygen atoms in total. The van der Waals surface area contributed by atoms with Crippen molar-refractivity contribution in [3.05, 3.63) is 266 Å². The molecule has 3 aromatic heterocycles. The lowest BCUT2D eigenvalue weighted by Crippen LogP contribution is -1.99. The third-order valence-electron chi connectivity index (χ3n) is 16.1. The minimum absolute atomic E-state index is 1.07. The molecule has 3 heterocycles. The fraction of sp³-hybridized carbons (Fsp3) is 0.0556. The third kappa shape index (κ3) is 6.58. The molecule has 11 aromatic carbocycles. The lowest BCUT2D eigenvalue weighted by molar-refractivity contribution is 0.753. The number of rotatable bonds is 8. The van der Waals surface area contributed by atoms with Gasteiger partial charge in [-0.3, -0.25) is 0 Å². The minimum Gasteiger partial charge on any atom is -0.305 e. The average Bonchev–Trinajstić information content (AvgIpc) is 4.04. The van der Waals surface area contributed by atoms with Crippen LogP contribution in [0.5, 0.6) is 0 Å². The van der Waals surface area contributed by atoms with Gasteiger partial charge < -0.3 is 8.80 Å². The van der Waals surface area contributed by atoms with Gasteiger partial charge >= 0.3 is 0 Å². The Balaban J connectivity index is 1.09. The first-order valence-electron chi connectivity index (χ1n) is 26.2. The molecule has 0 unspecified atom stereocenters. The van der Waals surface area contributed by atoms with Gasteiger partial charge in [0, 0.05) is 21.5 Å². The van der Waals surface area contributed by atoms with Crippen LogP contribution in [0, 0.1) is 0 Å². The zero-order chi connectivity index (χ0) is 48.7. The van der Waals surface area contributed by atoms with Crippen LogP contribution >= 0.6 is 0 Å². The summed E-state index contributed by atoms with van der Waals surface area (Å²) in [6.45, 7) is 0. The van der Waals surface area contributed by atoms with E-state index in [0.29, 0.717) is 0 Å². The van der Waals surface area contributed by atoms with E-state index in [0.717, 1.165) is 12.8 Å². The number of allylic oxidation sites excluding steroid dienone is 2. The van der Waals surface area contributed by atoms with Crippen LogP contribution in [0.15, 0.2) is 255 Å². The van der Waals surface area contributed by atoms with Gasteiger partial charge in [-0.2, -0.15) is 0 Å². The normalized spacial score (nSPS) is 13.1. The highest BCUT2D eigenvalue weighted by Gasteiger charge is 2.27. The van der Waals surface area contributed by atoms with E-state index < -0.39 is 0 Å². The SMILES string of the molecule is c1ccc(C2=C(c3ccc4c(c3)c3c(-c5ccccc5-c5ccccc5)ccc5c3n4c3ccc(-c4ccccc4-c4ccccc4)c4c6cc(-c7ccccc7-c7ccccc7)ccc6n5c43)CCCC2)cc1. The first kappa shape index (κ1) is 42.4. The van der Waals surface area contributed by atoms with Crippen molar-refractivity contribution in [3.63, 3.8) is 0 Å². The standard InChI is InChI=1S/C72H50N2/c1-5-21-47(22-6-1)53-29-13-15-33-57(53)51-37-41-65-63(45-51)69-61(59-35-19-17-31-55(59)49-25-9-3-10-26-49)39-43-67-71(69)73(65)68-44-40-62(60-36-20-18-32-56(60)50-27-11-4-12-28-50)70-64-46-52(38-42-66(64)74(67)72(68)70)58-34-16-14-30-54(58)48-23-7-2-8-24-48/h1-13,15,17-29,31-33,35-46H,14,16,30,34H2. The highest BCUT2D eigenvalue weighted by Crippen LogP contribution is 2.50. The molecule has 0 saturated carbocycles. The summed E-state index contributed by atoms with van der Waals surface area (Å²) in [5, 5.41) is 5.06. The Kier molecular flexibility index (Phi) is 9.88. The molecule has 0 spiro atoms. The number of hydrogen-bond acceptors (Lipinski definition) is 0. The van der Waals surface area contributed by atoms with Crippen LogP contribution in [-0.4, -0.2) is 8.80 Å². The second-order valence-corrected chi connectivity index (χ2v) is 20.1. The Morgan fingerprint density at radius 2 is 0.554 bits per heavy atom. The Hall–Kier alpha value is -9.24. The summed E-state index contributed by atoms with van der Waals surface area (Å²) in [5.41, 5.74) is 27.6. The van der Waals surface area contributed by atoms with Gasteiger partial charge in [0.2, 0.25) is 0 Å². The fourth-order valence-electron chi connectivity index (χ4n) is 12.9. The van der Waals surface area contributed by atoms with Crippen LogP contribution in [-0.2, 0) is 0 Å². The molecule has 0 atom stereocenters. The molecular formula is C72H50N2. The molecule has 14 aromatic rings. The number of benzene rings is 11. The van der Waals surface area contributed by atoms with Gasteiger partial charge in [-0.25, -0.2) is 0 Å². The average molecular weight is 943 g/mol. The highest BCUT2D eigenvalue weighted by molar-refractivity contribution is 6.28. The lowest BCUT2D eigenvalue weighted by Gasteiger charge is -2.21. The van der Waals surface area contributed by atoms with Crippen molar-refractivity contribution in [2.45, 2.75) is 25.7 Å². The number of nitrogens with zero attached hydrogens (tertiary/aromatic N) is 2. The molecule has 0 fully saturated rings. The van der Waals surface area contributed by atoms with E-state index in [4.69, 9.17) is 0 Å². The largest absolute Gasteiger partial charge is 0.305 e. The van der Waals surface area contributed by atoms with Gasteiger partial charge in [-0.1, -0.05) is 218 Å². The predicted octanol–water partition coefficient (Wildman–Crippen LogP) is 19.7. The van der Waals surface area contributed by atoms with Crippen LogP contribution in [0.2, 0.25) is 0 Å². The molecule has 348 valence electrons. The third-order valence-corrected chi connectivity index (χ3v) is 16.1. The monoisotopic (exact) mass is 942 g/mol. The van der Waals surface area contributed by atoms with Crippen LogP contribution in [0.1, 0.15) is 36.8 Å². The number of aromatic nitrogens is 2. The summed E-state index contributed by atoms with van der Waals surface area (Å²) in [6, 6.07) is 94.9. The van der Waals surface area contributed by atoms with Crippen molar-refractivity contribution in [2.24, 2.45) is 0 Å². The van der Waals surface area contributed by atoms with Crippen LogP contribution in [0.25, 0.3) is 133 Å². The van der Waals surface area contributed by atoms with Crippen LogP contribution in [0.3, 0.4) is 0 Å².